The monoisotopic (exact) mass is 213 g/mol. The standard InChI is InChI=1S/C11H23N3O/c1-11(13,10(12)15)8-14(2)7-9-5-3-4-6-9/h9H,3-8,13H2,1-2H3,(H2,12,15). The molecule has 0 saturated heterocycles. The molecule has 1 aliphatic rings. The van der Waals surface area contributed by atoms with Gasteiger partial charge in [0, 0.05) is 13.1 Å². The molecule has 88 valence electrons. The first kappa shape index (κ1) is 12.5. The summed E-state index contributed by atoms with van der Waals surface area (Å²) >= 11 is 0. The average molecular weight is 213 g/mol. The van der Waals surface area contributed by atoms with Gasteiger partial charge in [-0.25, -0.2) is 0 Å². The van der Waals surface area contributed by atoms with E-state index in [4.69, 9.17) is 11.5 Å². The minimum atomic E-state index is -0.909. The average Bonchev–Trinajstić information content (AvgIpc) is 2.54. The third-order valence-electron chi connectivity index (χ3n) is 3.21. The summed E-state index contributed by atoms with van der Waals surface area (Å²) in [6.45, 7) is 3.26. The van der Waals surface area contributed by atoms with Crippen molar-refractivity contribution in [2.45, 2.75) is 38.1 Å². The normalized spacial score (nSPS) is 21.9. The molecule has 0 aromatic carbocycles. The largest absolute Gasteiger partial charge is 0.368 e. The lowest BCUT2D eigenvalue weighted by atomic mass is 10.0. The first-order valence-corrected chi connectivity index (χ1v) is 5.69. The van der Waals surface area contributed by atoms with E-state index >= 15 is 0 Å². The predicted octanol–water partition coefficient (Wildman–Crippen LogP) is 0.311. The lowest BCUT2D eigenvalue weighted by Gasteiger charge is -2.28. The lowest BCUT2D eigenvalue weighted by Crippen LogP contribution is -2.56. The minimum Gasteiger partial charge on any atom is -0.368 e. The van der Waals surface area contributed by atoms with E-state index in [-0.39, 0.29) is 0 Å². The predicted molar refractivity (Wildman–Crippen MR) is 61.2 cm³/mol. The van der Waals surface area contributed by atoms with E-state index in [0.717, 1.165) is 12.5 Å². The zero-order chi connectivity index (χ0) is 11.5. The number of primary amides is 1. The van der Waals surface area contributed by atoms with E-state index in [0.29, 0.717) is 6.54 Å². The molecule has 0 radical (unpaired) electrons. The number of carbonyl (C=O) groups is 1. The third-order valence-corrected chi connectivity index (χ3v) is 3.21. The van der Waals surface area contributed by atoms with Gasteiger partial charge in [-0.2, -0.15) is 0 Å². The summed E-state index contributed by atoms with van der Waals surface area (Å²) in [6, 6.07) is 0. The maximum absolute atomic E-state index is 11.1. The highest BCUT2D eigenvalue weighted by atomic mass is 16.1. The van der Waals surface area contributed by atoms with Crippen LogP contribution in [0.4, 0.5) is 0 Å². The van der Waals surface area contributed by atoms with Crippen molar-refractivity contribution in [3.05, 3.63) is 0 Å². The first-order chi connectivity index (χ1) is 6.92. The van der Waals surface area contributed by atoms with Crippen LogP contribution in [0.3, 0.4) is 0 Å². The second kappa shape index (κ2) is 4.94. The summed E-state index contributed by atoms with van der Waals surface area (Å²) in [5.41, 5.74) is 10.1. The highest BCUT2D eigenvalue weighted by molar-refractivity contribution is 5.84. The van der Waals surface area contributed by atoms with Crippen molar-refractivity contribution < 1.29 is 4.79 Å². The van der Waals surface area contributed by atoms with Crippen LogP contribution in [0, 0.1) is 5.92 Å². The Hall–Kier alpha value is -0.610. The van der Waals surface area contributed by atoms with Crippen molar-refractivity contribution in [2.75, 3.05) is 20.1 Å². The first-order valence-electron chi connectivity index (χ1n) is 5.69. The van der Waals surface area contributed by atoms with Crippen LogP contribution in [0.2, 0.25) is 0 Å². The molecule has 1 saturated carbocycles. The Morgan fingerprint density at radius 1 is 1.47 bits per heavy atom. The zero-order valence-corrected chi connectivity index (χ0v) is 9.83. The molecular formula is C11H23N3O. The molecule has 1 aliphatic carbocycles. The highest BCUT2D eigenvalue weighted by Crippen LogP contribution is 2.25. The maximum atomic E-state index is 11.1. The fraction of sp³-hybridized carbons (Fsp3) is 0.909. The summed E-state index contributed by atoms with van der Waals surface area (Å²) in [5, 5.41) is 0. The third kappa shape index (κ3) is 3.80. The van der Waals surface area contributed by atoms with E-state index < -0.39 is 11.4 Å². The summed E-state index contributed by atoms with van der Waals surface area (Å²) in [5.74, 6) is 0.347. The molecule has 1 unspecified atom stereocenters. The molecule has 1 rings (SSSR count). The van der Waals surface area contributed by atoms with Crippen molar-refractivity contribution in [2.24, 2.45) is 17.4 Å². The number of amides is 1. The van der Waals surface area contributed by atoms with Gasteiger partial charge in [0.25, 0.3) is 0 Å². The topological polar surface area (TPSA) is 72.3 Å². The zero-order valence-electron chi connectivity index (χ0n) is 9.83. The van der Waals surface area contributed by atoms with E-state index in [1.807, 2.05) is 7.05 Å². The van der Waals surface area contributed by atoms with Crippen LogP contribution >= 0.6 is 0 Å². The Balaban J connectivity index is 2.34. The second-order valence-electron chi connectivity index (χ2n) is 5.13. The smallest absolute Gasteiger partial charge is 0.238 e. The van der Waals surface area contributed by atoms with E-state index in [2.05, 4.69) is 4.90 Å². The Morgan fingerprint density at radius 2 is 2.00 bits per heavy atom. The molecule has 4 nitrogen and oxygen atoms in total. The van der Waals surface area contributed by atoms with Crippen LogP contribution < -0.4 is 11.5 Å². The molecule has 0 heterocycles. The van der Waals surface area contributed by atoms with Gasteiger partial charge >= 0.3 is 0 Å². The second-order valence-corrected chi connectivity index (χ2v) is 5.13. The number of nitrogens with zero attached hydrogens (tertiary/aromatic N) is 1. The van der Waals surface area contributed by atoms with Crippen LogP contribution in [-0.4, -0.2) is 36.5 Å². The summed E-state index contributed by atoms with van der Waals surface area (Å²) in [6.07, 6.45) is 5.30. The molecule has 1 atom stereocenters. The van der Waals surface area contributed by atoms with Crippen molar-refractivity contribution in [1.82, 2.24) is 4.90 Å². The molecule has 4 heteroatoms. The van der Waals surface area contributed by atoms with Crippen LogP contribution in [0.5, 0.6) is 0 Å². The van der Waals surface area contributed by atoms with Crippen molar-refractivity contribution in [3.63, 3.8) is 0 Å². The fourth-order valence-corrected chi connectivity index (χ4v) is 2.34. The molecular weight excluding hydrogens is 190 g/mol. The van der Waals surface area contributed by atoms with Gasteiger partial charge in [-0.05, 0) is 32.7 Å². The molecule has 15 heavy (non-hydrogen) atoms. The Labute approximate surface area is 92.0 Å². The number of carbonyl (C=O) groups excluding carboxylic acids is 1. The van der Waals surface area contributed by atoms with E-state index in [1.54, 1.807) is 6.92 Å². The summed E-state index contributed by atoms with van der Waals surface area (Å²) < 4.78 is 0. The highest BCUT2D eigenvalue weighted by Gasteiger charge is 2.28. The van der Waals surface area contributed by atoms with Crippen LogP contribution in [0.25, 0.3) is 0 Å². The Kier molecular flexibility index (Phi) is 4.11. The van der Waals surface area contributed by atoms with Crippen LogP contribution in [-0.2, 0) is 4.79 Å². The number of hydrogen-bond acceptors (Lipinski definition) is 3. The fourth-order valence-electron chi connectivity index (χ4n) is 2.34. The van der Waals surface area contributed by atoms with E-state index in [9.17, 15) is 4.79 Å². The van der Waals surface area contributed by atoms with Gasteiger partial charge in [-0.1, -0.05) is 12.8 Å². The van der Waals surface area contributed by atoms with Gasteiger partial charge in [0.1, 0.15) is 5.54 Å². The number of likely N-dealkylation sites (N-methyl/N-ethyl adjacent to an activating group) is 1. The number of nitrogens with two attached hydrogens (primary N) is 2. The van der Waals surface area contributed by atoms with Gasteiger partial charge in [0.05, 0.1) is 0 Å². The Bertz CT molecular complexity index is 222. The molecule has 4 N–H and O–H groups in total. The molecule has 1 fully saturated rings. The number of rotatable bonds is 5. The molecule has 0 aliphatic heterocycles. The Morgan fingerprint density at radius 3 is 2.47 bits per heavy atom. The van der Waals surface area contributed by atoms with Crippen LogP contribution in [0.15, 0.2) is 0 Å². The van der Waals surface area contributed by atoms with Gasteiger partial charge in [-0.3, -0.25) is 4.79 Å². The molecule has 0 aromatic rings. The molecule has 0 aromatic heterocycles. The van der Waals surface area contributed by atoms with Gasteiger partial charge in [-0.15, -0.1) is 0 Å². The van der Waals surface area contributed by atoms with Gasteiger partial charge in [0.2, 0.25) is 5.91 Å². The van der Waals surface area contributed by atoms with Crippen molar-refractivity contribution >= 4 is 5.91 Å². The molecule has 0 bridgehead atoms. The van der Waals surface area contributed by atoms with E-state index in [1.165, 1.54) is 25.7 Å². The summed E-state index contributed by atoms with van der Waals surface area (Å²) in [4.78, 5) is 13.2. The molecule has 0 spiro atoms. The van der Waals surface area contributed by atoms with Crippen molar-refractivity contribution in [1.29, 1.82) is 0 Å². The number of hydrogen-bond donors (Lipinski definition) is 2. The SMILES string of the molecule is CN(CC1CCCC1)CC(C)(N)C(N)=O. The maximum Gasteiger partial charge on any atom is 0.238 e. The minimum absolute atomic E-state index is 0.430. The van der Waals surface area contributed by atoms with Crippen molar-refractivity contribution in [3.8, 4) is 0 Å². The molecule has 1 amide bonds. The van der Waals surface area contributed by atoms with Gasteiger partial charge in [0.15, 0.2) is 0 Å². The lowest BCUT2D eigenvalue weighted by molar-refractivity contribution is -0.123. The quantitative estimate of drug-likeness (QED) is 0.690. The van der Waals surface area contributed by atoms with Gasteiger partial charge < -0.3 is 16.4 Å². The van der Waals surface area contributed by atoms with Crippen LogP contribution in [0.1, 0.15) is 32.6 Å². The summed E-state index contributed by atoms with van der Waals surface area (Å²) in [7, 11) is 2.01.